The molecule has 0 spiro atoms. The molecule has 1 heterocycles. The van der Waals surface area contributed by atoms with Crippen molar-refractivity contribution in [3.63, 3.8) is 0 Å². The van der Waals surface area contributed by atoms with Crippen molar-refractivity contribution in [2.45, 2.75) is 154 Å². The number of hydrogen-bond donors (Lipinski definition) is 12. The van der Waals surface area contributed by atoms with Crippen LogP contribution in [0.4, 0.5) is 0 Å². The number of likely N-dealkylation sites (N-methyl/N-ethyl adjacent to an activating group) is 1. The molecule has 9 unspecified atom stereocenters. The van der Waals surface area contributed by atoms with Gasteiger partial charge in [-0.3, -0.25) is 38.4 Å². The van der Waals surface area contributed by atoms with Crippen LogP contribution in [0.25, 0.3) is 0 Å². The minimum atomic E-state index is -1.77. The normalized spacial score (nSPS) is 19.0. The fourth-order valence-electron chi connectivity index (χ4n) is 7.55. The first-order valence-corrected chi connectivity index (χ1v) is 25.1. The van der Waals surface area contributed by atoms with E-state index < -0.39 is 158 Å². The summed E-state index contributed by atoms with van der Waals surface area (Å²) in [6, 6.07) is -4.61. The standard InChI is InChI=1S/C51H80N8O15/c1-9-10-11-12-13-14-15-16-40(65)53-36(26-61)46(68)58-44(30(4)5)49(71)55-35(25-60)39(64)24-42(67)54-37(27-62)47(69)57-43(29(2)3)48(70)52-33-19-22-41(66)56-45(31(6)7)50(72)59(8)38(51(73)74-28-33)23-32-17-20-34(63)21-18-32/h14-15,17-22,29-31,33,35-39,43-45,60-64H,9-13,16,23-28H2,1-8H3,(H,52,70)(H,53,65)(H,54,67)(H,55,71)(H,56,66)(H,57,69)(H,58,68). The number of rotatable bonds is 28. The van der Waals surface area contributed by atoms with E-state index in [1.54, 1.807) is 59.8 Å². The summed E-state index contributed by atoms with van der Waals surface area (Å²) in [6.45, 7) is 8.72. The number of cyclic esters (lactones) is 1. The number of nitrogens with one attached hydrogen (secondary N) is 7. The number of amides is 8. The second kappa shape index (κ2) is 32.7. The molecule has 12 N–H and O–H groups in total. The smallest absolute Gasteiger partial charge is 0.329 e. The summed E-state index contributed by atoms with van der Waals surface area (Å²) in [4.78, 5) is 121. The van der Waals surface area contributed by atoms with Crippen molar-refractivity contribution in [2.75, 3.05) is 33.5 Å². The van der Waals surface area contributed by atoms with E-state index in [9.17, 15) is 68.7 Å². The SMILES string of the molecule is CCCCCCC=CCC(=O)NC(CO)C(=O)NC(C(=O)NC(CO)C(O)CC(=O)NC(CO)C(=O)NC(C(=O)NC1C=CC(=O)NC(C(C)C)C(=O)N(C)C(Cc2ccc(O)cc2)C(=O)OC1)C(C)C)C(C)C. The summed E-state index contributed by atoms with van der Waals surface area (Å²) in [5.74, 6) is -8.85. The second-order valence-electron chi connectivity index (χ2n) is 19.3. The van der Waals surface area contributed by atoms with Crippen molar-refractivity contribution >= 4 is 53.2 Å². The van der Waals surface area contributed by atoms with Gasteiger partial charge in [-0.2, -0.15) is 0 Å². The second-order valence-corrected chi connectivity index (χ2v) is 19.3. The van der Waals surface area contributed by atoms with E-state index in [0.29, 0.717) is 5.56 Å². The van der Waals surface area contributed by atoms with Crippen molar-refractivity contribution in [1.29, 1.82) is 0 Å². The summed E-state index contributed by atoms with van der Waals surface area (Å²) < 4.78 is 5.62. The van der Waals surface area contributed by atoms with Crippen LogP contribution in [0, 0.1) is 17.8 Å². The predicted molar refractivity (Wildman–Crippen MR) is 271 cm³/mol. The quantitative estimate of drug-likeness (QED) is 0.0269. The molecule has 0 fully saturated rings. The van der Waals surface area contributed by atoms with Crippen LogP contribution in [0.2, 0.25) is 0 Å². The molecule has 1 aromatic carbocycles. The monoisotopic (exact) mass is 1040 g/mol. The summed E-state index contributed by atoms with van der Waals surface area (Å²) in [5, 5.41) is 68.1. The number of allylic oxidation sites excluding steroid dienone is 1. The molecule has 1 aliphatic heterocycles. The lowest BCUT2D eigenvalue weighted by atomic mass is 9.99. The number of nitrogens with zero attached hydrogens (tertiary/aromatic N) is 1. The first-order valence-electron chi connectivity index (χ1n) is 25.1. The molecule has 2 rings (SSSR count). The number of unbranched alkanes of at least 4 members (excludes halogenated alkanes) is 4. The first kappa shape index (κ1) is 63.7. The molecule has 414 valence electrons. The van der Waals surface area contributed by atoms with Gasteiger partial charge in [0.25, 0.3) is 0 Å². The number of carbonyl (C=O) groups excluding carboxylic acids is 9. The first-order chi connectivity index (χ1) is 35.0. The Bertz CT molecular complexity index is 2080. The number of phenols is 1. The maximum absolute atomic E-state index is 13.8. The molecule has 0 aliphatic carbocycles. The Morgan fingerprint density at radius 1 is 0.757 bits per heavy atom. The summed E-state index contributed by atoms with van der Waals surface area (Å²) in [5.41, 5.74) is 0.582. The number of hydrogen-bond acceptors (Lipinski definition) is 15. The third-order valence-electron chi connectivity index (χ3n) is 12.1. The Kier molecular flexibility index (Phi) is 28.1. The summed E-state index contributed by atoms with van der Waals surface area (Å²) in [7, 11) is 1.40. The maximum Gasteiger partial charge on any atom is 0.329 e. The zero-order valence-electron chi connectivity index (χ0n) is 43.8. The Morgan fingerprint density at radius 2 is 1.34 bits per heavy atom. The van der Waals surface area contributed by atoms with E-state index in [2.05, 4.69) is 44.1 Å². The average Bonchev–Trinajstić information content (AvgIpc) is 3.35. The van der Waals surface area contributed by atoms with Crippen LogP contribution in [0.15, 0.2) is 48.6 Å². The van der Waals surface area contributed by atoms with Crippen LogP contribution >= 0.6 is 0 Å². The van der Waals surface area contributed by atoms with Crippen LogP contribution in [0.1, 0.15) is 99.0 Å². The molecule has 74 heavy (non-hydrogen) atoms. The van der Waals surface area contributed by atoms with E-state index in [4.69, 9.17) is 4.74 Å². The van der Waals surface area contributed by atoms with Crippen molar-refractivity contribution in [2.24, 2.45) is 17.8 Å². The largest absolute Gasteiger partial charge is 0.508 e. The highest BCUT2D eigenvalue weighted by Crippen LogP contribution is 2.18. The van der Waals surface area contributed by atoms with Gasteiger partial charge >= 0.3 is 5.97 Å². The number of benzene rings is 1. The Balaban J connectivity index is 2.13. The third-order valence-corrected chi connectivity index (χ3v) is 12.1. The molecule has 8 amide bonds. The molecule has 23 heteroatoms. The summed E-state index contributed by atoms with van der Waals surface area (Å²) >= 11 is 0. The van der Waals surface area contributed by atoms with Gasteiger partial charge in [0.2, 0.25) is 47.3 Å². The molecular weight excluding hydrogens is 965 g/mol. The van der Waals surface area contributed by atoms with Gasteiger partial charge in [0.1, 0.15) is 48.6 Å². The minimum absolute atomic E-state index is 0.0130. The number of ether oxygens (including phenoxy) is 1. The van der Waals surface area contributed by atoms with Crippen molar-refractivity contribution in [1.82, 2.24) is 42.1 Å². The number of carbonyl (C=O) groups is 9. The Hall–Kier alpha value is -6.43. The lowest BCUT2D eigenvalue weighted by Gasteiger charge is -2.32. The molecule has 23 nitrogen and oxygen atoms in total. The van der Waals surface area contributed by atoms with Crippen LogP contribution in [-0.4, -0.2) is 172 Å². The van der Waals surface area contributed by atoms with Crippen LogP contribution in [-0.2, 0) is 54.3 Å². The highest BCUT2D eigenvalue weighted by Gasteiger charge is 2.37. The lowest BCUT2D eigenvalue weighted by molar-refractivity contribution is -0.156. The van der Waals surface area contributed by atoms with Crippen LogP contribution in [0.3, 0.4) is 0 Å². The molecule has 0 bridgehead atoms. The maximum atomic E-state index is 13.8. The number of aliphatic hydroxyl groups is 4. The molecule has 0 saturated heterocycles. The van der Waals surface area contributed by atoms with Crippen LogP contribution < -0.4 is 37.2 Å². The molecule has 0 aromatic heterocycles. The Morgan fingerprint density at radius 3 is 1.88 bits per heavy atom. The van der Waals surface area contributed by atoms with E-state index >= 15 is 0 Å². The van der Waals surface area contributed by atoms with Gasteiger partial charge in [-0.1, -0.05) is 98.1 Å². The molecule has 9 atom stereocenters. The Labute approximate surface area is 433 Å². The van der Waals surface area contributed by atoms with Gasteiger partial charge in [0, 0.05) is 26.0 Å². The number of phenolic OH excluding ortho intramolecular Hbond substituents is 1. The van der Waals surface area contributed by atoms with E-state index in [1.807, 2.05) is 6.08 Å². The van der Waals surface area contributed by atoms with Gasteiger partial charge < -0.3 is 72.4 Å². The molecule has 0 radical (unpaired) electrons. The highest BCUT2D eigenvalue weighted by atomic mass is 16.5. The van der Waals surface area contributed by atoms with Gasteiger partial charge in [-0.25, -0.2) is 4.79 Å². The average molecular weight is 1050 g/mol. The fraction of sp³-hybridized carbons (Fsp3) is 0.627. The molecule has 1 aliphatic rings. The van der Waals surface area contributed by atoms with E-state index in [0.717, 1.165) is 38.2 Å². The molecular formula is C51H80N8O15. The zero-order valence-corrected chi connectivity index (χ0v) is 43.8. The molecule has 0 saturated carbocycles. The number of aliphatic hydroxyl groups excluding tert-OH is 4. The van der Waals surface area contributed by atoms with Crippen molar-refractivity contribution < 1.29 is 73.4 Å². The molecule has 1 aromatic rings. The number of aromatic hydroxyl groups is 1. The van der Waals surface area contributed by atoms with Gasteiger partial charge in [-0.05, 0) is 48.3 Å². The van der Waals surface area contributed by atoms with E-state index in [1.165, 1.54) is 30.2 Å². The fourth-order valence-corrected chi connectivity index (χ4v) is 7.55. The van der Waals surface area contributed by atoms with Crippen molar-refractivity contribution in [3.8, 4) is 5.75 Å². The summed E-state index contributed by atoms with van der Waals surface area (Å²) in [6.07, 6.45) is 8.26. The zero-order chi connectivity index (χ0) is 55.7. The third kappa shape index (κ3) is 21.6. The van der Waals surface area contributed by atoms with E-state index in [-0.39, 0.29) is 18.6 Å². The minimum Gasteiger partial charge on any atom is -0.508 e. The van der Waals surface area contributed by atoms with Crippen LogP contribution in [0.5, 0.6) is 5.75 Å². The number of esters is 1. The van der Waals surface area contributed by atoms with Gasteiger partial charge in [0.15, 0.2) is 0 Å². The predicted octanol–water partition coefficient (Wildman–Crippen LogP) is -1.12. The lowest BCUT2D eigenvalue weighted by Crippen LogP contribution is -2.59. The van der Waals surface area contributed by atoms with Crippen molar-refractivity contribution in [3.05, 3.63) is 54.1 Å². The topological polar surface area (TPSA) is 351 Å². The van der Waals surface area contributed by atoms with Gasteiger partial charge in [0.05, 0.1) is 44.4 Å². The van der Waals surface area contributed by atoms with Gasteiger partial charge in [-0.15, -0.1) is 0 Å². The highest BCUT2D eigenvalue weighted by molar-refractivity contribution is 5.96.